The summed E-state index contributed by atoms with van der Waals surface area (Å²) in [5, 5.41) is 18.5. The Labute approximate surface area is 79.7 Å². The van der Waals surface area contributed by atoms with Crippen molar-refractivity contribution in [3.8, 4) is 0 Å². The van der Waals surface area contributed by atoms with E-state index < -0.39 is 6.29 Å². The van der Waals surface area contributed by atoms with Gasteiger partial charge in [0.25, 0.3) is 0 Å². The maximum absolute atomic E-state index is 9.25. The zero-order valence-electron chi connectivity index (χ0n) is 8.44. The Kier molecular flexibility index (Phi) is 4.16. The molecule has 0 aromatic carbocycles. The van der Waals surface area contributed by atoms with Gasteiger partial charge in [0, 0.05) is 19.1 Å². The second-order valence-corrected chi connectivity index (χ2v) is 4.18. The second-order valence-electron chi connectivity index (χ2n) is 4.18. The van der Waals surface area contributed by atoms with Gasteiger partial charge in [0.2, 0.25) is 0 Å². The molecule has 13 heavy (non-hydrogen) atoms. The van der Waals surface area contributed by atoms with Crippen LogP contribution < -0.4 is 0 Å². The summed E-state index contributed by atoms with van der Waals surface area (Å²) in [6, 6.07) is 0. The summed E-state index contributed by atoms with van der Waals surface area (Å²) >= 11 is 0. The van der Waals surface area contributed by atoms with E-state index in [-0.39, 0.29) is 5.92 Å². The minimum absolute atomic E-state index is 0.00361. The van der Waals surface area contributed by atoms with Crippen molar-refractivity contribution in [1.29, 1.82) is 0 Å². The van der Waals surface area contributed by atoms with Crippen LogP contribution in [0, 0.1) is 17.8 Å². The third-order valence-electron chi connectivity index (χ3n) is 2.92. The van der Waals surface area contributed by atoms with Crippen molar-refractivity contribution in [1.82, 2.24) is 0 Å². The second kappa shape index (κ2) is 4.94. The molecule has 0 bridgehead atoms. The van der Waals surface area contributed by atoms with Gasteiger partial charge in [0.05, 0.1) is 0 Å². The van der Waals surface area contributed by atoms with Crippen LogP contribution in [0.5, 0.6) is 0 Å². The van der Waals surface area contributed by atoms with Gasteiger partial charge in [-0.2, -0.15) is 0 Å². The van der Waals surface area contributed by atoms with E-state index in [0.717, 1.165) is 26.1 Å². The summed E-state index contributed by atoms with van der Waals surface area (Å²) in [7, 11) is 0. The molecule has 78 valence electrons. The molecule has 3 heteroatoms. The number of ether oxygens (including phenoxy) is 1. The highest BCUT2D eigenvalue weighted by Crippen LogP contribution is 2.31. The van der Waals surface area contributed by atoms with Crippen molar-refractivity contribution in [3.05, 3.63) is 0 Å². The summed E-state index contributed by atoms with van der Waals surface area (Å²) in [5.74, 6) is 0.737. The van der Waals surface area contributed by atoms with Gasteiger partial charge in [-0.1, -0.05) is 13.8 Å². The quantitative estimate of drug-likeness (QED) is 0.649. The van der Waals surface area contributed by atoms with E-state index >= 15 is 0 Å². The molecule has 0 spiro atoms. The molecule has 0 amide bonds. The molecule has 0 aliphatic carbocycles. The van der Waals surface area contributed by atoms with Crippen molar-refractivity contribution in [2.45, 2.75) is 33.0 Å². The van der Waals surface area contributed by atoms with Gasteiger partial charge in [0.15, 0.2) is 6.29 Å². The molecule has 1 saturated heterocycles. The van der Waals surface area contributed by atoms with Gasteiger partial charge in [-0.25, -0.2) is 0 Å². The summed E-state index contributed by atoms with van der Waals surface area (Å²) < 4.78 is 5.25. The first kappa shape index (κ1) is 11.0. The Morgan fingerprint density at radius 3 is 2.08 bits per heavy atom. The maximum atomic E-state index is 9.25. The fourth-order valence-electron chi connectivity index (χ4n) is 2.23. The summed E-state index contributed by atoms with van der Waals surface area (Å²) in [5.41, 5.74) is 0. The average Bonchev–Trinajstić information content (AvgIpc) is 2.04. The molecular formula is C10H20O3. The molecule has 1 unspecified atom stereocenters. The third kappa shape index (κ3) is 2.93. The smallest absolute Gasteiger partial charge is 0.154 e. The Morgan fingerprint density at radius 1 is 1.15 bits per heavy atom. The SMILES string of the molecule is CC(C)C(C(O)O)C1CCOCC1. The predicted molar refractivity (Wildman–Crippen MR) is 50.1 cm³/mol. The summed E-state index contributed by atoms with van der Waals surface area (Å²) in [6.45, 7) is 5.61. The number of aliphatic hydroxyl groups is 2. The van der Waals surface area contributed by atoms with Crippen LogP contribution in [0.1, 0.15) is 26.7 Å². The van der Waals surface area contributed by atoms with Gasteiger partial charge in [-0.3, -0.25) is 0 Å². The molecular weight excluding hydrogens is 168 g/mol. The van der Waals surface area contributed by atoms with Gasteiger partial charge in [-0.05, 0) is 24.7 Å². The summed E-state index contributed by atoms with van der Waals surface area (Å²) in [4.78, 5) is 0. The van der Waals surface area contributed by atoms with Gasteiger partial charge in [0.1, 0.15) is 0 Å². The van der Waals surface area contributed by atoms with Crippen molar-refractivity contribution in [2.75, 3.05) is 13.2 Å². The number of rotatable bonds is 3. The molecule has 0 radical (unpaired) electrons. The largest absolute Gasteiger partial charge is 0.381 e. The highest BCUT2D eigenvalue weighted by Gasteiger charge is 2.30. The fourth-order valence-corrected chi connectivity index (χ4v) is 2.23. The first-order valence-electron chi connectivity index (χ1n) is 5.06. The normalized spacial score (nSPS) is 22.6. The lowest BCUT2D eigenvalue weighted by molar-refractivity contribution is -0.126. The molecule has 1 fully saturated rings. The van der Waals surface area contributed by atoms with Crippen LogP contribution in [0.2, 0.25) is 0 Å². The minimum atomic E-state index is -1.18. The van der Waals surface area contributed by atoms with E-state index in [2.05, 4.69) is 0 Å². The van der Waals surface area contributed by atoms with E-state index in [1.165, 1.54) is 0 Å². The van der Waals surface area contributed by atoms with Gasteiger partial charge < -0.3 is 14.9 Å². The fraction of sp³-hybridized carbons (Fsp3) is 1.00. The van der Waals surface area contributed by atoms with Crippen LogP contribution in [0.25, 0.3) is 0 Å². The molecule has 3 nitrogen and oxygen atoms in total. The highest BCUT2D eigenvalue weighted by atomic mass is 16.5. The maximum Gasteiger partial charge on any atom is 0.154 e. The molecule has 0 saturated carbocycles. The van der Waals surface area contributed by atoms with E-state index in [0.29, 0.717) is 11.8 Å². The standard InChI is InChI=1S/C10H20O3/c1-7(2)9(10(11)12)8-3-5-13-6-4-8/h7-12H,3-6H2,1-2H3. The molecule has 0 aromatic rings. The van der Waals surface area contributed by atoms with Crippen LogP contribution in [-0.2, 0) is 4.74 Å². The molecule has 1 rings (SSSR count). The zero-order chi connectivity index (χ0) is 9.84. The Bertz CT molecular complexity index is 131. The van der Waals surface area contributed by atoms with E-state index in [1.807, 2.05) is 13.8 Å². The van der Waals surface area contributed by atoms with E-state index in [9.17, 15) is 10.2 Å². The van der Waals surface area contributed by atoms with Crippen molar-refractivity contribution in [2.24, 2.45) is 17.8 Å². The number of aliphatic hydroxyl groups excluding tert-OH is 1. The third-order valence-corrected chi connectivity index (χ3v) is 2.92. The highest BCUT2D eigenvalue weighted by molar-refractivity contribution is 4.76. The Morgan fingerprint density at radius 2 is 1.69 bits per heavy atom. The predicted octanol–water partition coefficient (Wildman–Crippen LogP) is 0.996. The molecule has 1 atom stereocenters. The first-order chi connectivity index (χ1) is 6.13. The Hall–Kier alpha value is -0.120. The van der Waals surface area contributed by atoms with Crippen LogP contribution in [0.15, 0.2) is 0 Å². The number of hydrogen-bond acceptors (Lipinski definition) is 3. The van der Waals surface area contributed by atoms with E-state index in [4.69, 9.17) is 4.74 Å². The van der Waals surface area contributed by atoms with Crippen molar-refractivity contribution >= 4 is 0 Å². The number of hydrogen-bond donors (Lipinski definition) is 2. The zero-order valence-corrected chi connectivity index (χ0v) is 8.44. The van der Waals surface area contributed by atoms with E-state index in [1.54, 1.807) is 0 Å². The molecule has 1 heterocycles. The Balaban J connectivity index is 2.52. The summed E-state index contributed by atoms with van der Waals surface area (Å²) in [6.07, 6.45) is 0.740. The monoisotopic (exact) mass is 188 g/mol. The van der Waals surface area contributed by atoms with Crippen molar-refractivity contribution < 1.29 is 14.9 Å². The van der Waals surface area contributed by atoms with Gasteiger partial charge in [-0.15, -0.1) is 0 Å². The lowest BCUT2D eigenvalue weighted by atomic mass is 9.79. The molecule has 2 N–H and O–H groups in total. The topological polar surface area (TPSA) is 49.7 Å². The lowest BCUT2D eigenvalue weighted by Crippen LogP contribution is -2.35. The minimum Gasteiger partial charge on any atom is -0.381 e. The molecule has 1 aliphatic rings. The van der Waals surface area contributed by atoms with Gasteiger partial charge >= 0.3 is 0 Å². The van der Waals surface area contributed by atoms with Crippen molar-refractivity contribution in [3.63, 3.8) is 0 Å². The first-order valence-corrected chi connectivity index (χ1v) is 5.06. The van der Waals surface area contributed by atoms with Crippen LogP contribution in [0.3, 0.4) is 0 Å². The van der Waals surface area contributed by atoms with Crippen LogP contribution >= 0.6 is 0 Å². The lowest BCUT2D eigenvalue weighted by Gasteiger charge is -2.33. The van der Waals surface area contributed by atoms with Crippen LogP contribution in [-0.4, -0.2) is 29.7 Å². The average molecular weight is 188 g/mol. The molecule has 1 aliphatic heterocycles. The van der Waals surface area contributed by atoms with Crippen LogP contribution in [0.4, 0.5) is 0 Å². The molecule has 0 aromatic heterocycles.